The maximum Gasteiger partial charge on any atom is 0.339 e. The van der Waals surface area contributed by atoms with E-state index in [-0.39, 0.29) is 5.56 Å². The van der Waals surface area contributed by atoms with Crippen molar-refractivity contribution in [2.24, 2.45) is 11.8 Å². The van der Waals surface area contributed by atoms with E-state index in [1.165, 1.54) is 13.5 Å². The van der Waals surface area contributed by atoms with Crippen molar-refractivity contribution < 1.29 is 14.6 Å². The summed E-state index contributed by atoms with van der Waals surface area (Å²) >= 11 is 0. The molecule has 0 aromatic heterocycles. The first kappa shape index (κ1) is 14.9. The highest BCUT2D eigenvalue weighted by Gasteiger charge is 2.22. The van der Waals surface area contributed by atoms with Crippen molar-refractivity contribution in [1.29, 1.82) is 0 Å². The molecule has 1 aromatic rings. The zero-order chi connectivity index (χ0) is 14.7. The average Bonchev–Trinajstić information content (AvgIpc) is 2.37. The molecule has 0 radical (unpaired) electrons. The molecule has 0 bridgehead atoms. The van der Waals surface area contributed by atoms with E-state index in [4.69, 9.17) is 4.74 Å². The zero-order valence-electron chi connectivity index (χ0n) is 12.4. The quantitative estimate of drug-likeness (QED) is 0.919. The summed E-state index contributed by atoms with van der Waals surface area (Å²) in [6.07, 6.45) is 1.28. The highest BCUT2D eigenvalue weighted by atomic mass is 16.5. The minimum absolute atomic E-state index is 0.239. The number of piperidine rings is 1. The Balaban J connectivity index is 2.13. The lowest BCUT2D eigenvalue weighted by atomic mass is 9.91. The number of carboxylic acid groups (broad SMARTS) is 1. The number of nitrogens with zero attached hydrogens (tertiary/aromatic N) is 1. The van der Waals surface area contributed by atoms with Gasteiger partial charge >= 0.3 is 5.97 Å². The number of aromatic carboxylic acids is 1. The van der Waals surface area contributed by atoms with Crippen LogP contribution in [0.25, 0.3) is 0 Å². The van der Waals surface area contributed by atoms with Gasteiger partial charge in [0.05, 0.1) is 7.11 Å². The smallest absolute Gasteiger partial charge is 0.339 e. The van der Waals surface area contributed by atoms with Crippen LogP contribution in [-0.2, 0) is 6.54 Å². The molecule has 1 heterocycles. The van der Waals surface area contributed by atoms with Crippen molar-refractivity contribution in [2.45, 2.75) is 26.8 Å². The summed E-state index contributed by atoms with van der Waals surface area (Å²) in [5, 5.41) is 9.22. The molecule has 20 heavy (non-hydrogen) atoms. The Bertz CT molecular complexity index is 477. The highest BCUT2D eigenvalue weighted by molar-refractivity contribution is 5.91. The fourth-order valence-corrected chi connectivity index (χ4v) is 3.20. The van der Waals surface area contributed by atoms with E-state index >= 15 is 0 Å². The molecule has 4 heteroatoms. The van der Waals surface area contributed by atoms with Gasteiger partial charge in [0, 0.05) is 19.6 Å². The fraction of sp³-hybridized carbons (Fsp3) is 0.562. The summed E-state index contributed by atoms with van der Waals surface area (Å²) < 4.78 is 5.09. The van der Waals surface area contributed by atoms with Crippen LogP contribution in [0.4, 0.5) is 0 Å². The van der Waals surface area contributed by atoms with Crippen molar-refractivity contribution in [3.05, 3.63) is 29.3 Å². The van der Waals surface area contributed by atoms with Crippen LogP contribution in [0.1, 0.15) is 36.2 Å². The molecule has 0 spiro atoms. The van der Waals surface area contributed by atoms with Crippen LogP contribution < -0.4 is 4.74 Å². The Hall–Kier alpha value is -1.55. The van der Waals surface area contributed by atoms with Crippen LogP contribution in [0.3, 0.4) is 0 Å². The number of carboxylic acids is 1. The average molecular weight is 277 g/mol. The number of rotatable bonds is 4. The molecule has 1 fully saturated rings. The van der Waals surface area contributed by atoms with Crippen LogP contribution in [0.5, 0.6) is 5.75 Å². The van der Waals surface area contributed by atoms with Gasteiger partial charge in [-0.05, 0) is 36.0 Å². The number of ether oxygens (including phenoxy) is 1. The molecule has 2 rings (SSSR count). The van der Waals surface area contributed by atoms with Gasteiger partial charge in [-0.2, -0.15) is 0 Å². The van der Waals surface area contributed by atoms with Crippen molar-refractivity contribution in [3.8, 4) is 5.75 Å². The lowest BCUT2D eigenvalue weighted by Gasteiger charge is -2.35. The van der Waals surface area contributed by atoms with Crippen LogP contribution >= 0.6 is 0 Å². The molecule has 2 atom stereocenters. The molecule has 1 aliphatic rings. The summed E-state index contributed by atoms with van der Waals surface area (Å²) in [7, 11) is 1.50. The Kier molecular flexibility index (Phi) is 4.65. The molecule has 0 amide bonds. The van der Waals surface area contributed by atoms with E-state index in [1.54, 1.807) is 12.1 Å². The first-order valence-corrected chi connectivity index (χ1v) is 7.12. The van der Waals surface area contributed by atoms with Crippen molar-refractivity contribution >= 4 is 5.97 Å². The molecule has 1 aromatic carbocycles. The molecular weight excluding hydrogens is 254 g/mol. The van der Waals surface area contributed by atoms with E-state index in [1.807, 2.05) is 6.07 Å². The van der Waals surface area contributed by atoms with Gasteiger partial charge in [0.1, 0.15) is 11.3 Å². The molecule has 1 saturated heterocycles. The maximum absolute atomic E-state index is 11.2. The summed E-state index contributed by atoms with van der Waals surface area (Å²) in [5.41, 5.74) is 1.27. The molecule has 0 saturated carbocycles. The second kappa shape index (κ2) is 6.27. The third kappa shape index (κ3) is 3.51. The molecule has 2 unspecified atom stereocenters. The topological polar surface area (TPSA) is 49.8 Å². The molecule has 1 N–H and O–H groups in total. The van der Waals surface area contributed by atoms with Crippen molar-refractivity contribution in [3.63, 3.8) is 0 Å². The van der Waals surface area contributed by atoms with Gasteiger partial charge in [0.25, 0.3) is 0 Å². The summed E-state index contributed by atoms with van der Waals surface area (Å²) in [5.74, 6) is 0.887. The largest absolute Gasteiger partial charge is 0.496 e. The van der Waals surface area contributed by atoms with Crippen LogP contribution in [0.2, 0.25) is 0 Å². The third-order valence-electron chi connectivity index (χ3n) is 3.84. The number of carbonyl (C=O) groups is 1. The van der Waals surface area contributed by atoms with E-state index in [0.717, 1.165) is 25.2 Å². The molecule has 110 valence electrons. The normalized spacial score (nSPS) is 23.6. The van der Waals surface area contributed by atoms with Gasteiger partial charge in [-0.25, -0.2) is 4.79 Å². The van der Waals surface area contributed by atoms with Gasteiger partial charge in [0.2, 0.25) is 0 Å². The monoisotopic (exact) mass is 277 g/mol. The summed E-state index contributed by atoms with van der Waals surface area (Å²) in [4.78, 5) is 13.6. The summed E-state index contributed by atoms with van der Waals surface area (Å²) in [6, 6.07) is 5.43. The Labute approximate surface area is 120 Å². The second-order valence-corrected chi connectivity index (χ2v) is 5.98. The van der Waals surface area contributed by atoms with Crippen LogP contribution in [0, 0.1) is 11.8 Å². The molecule has 0 aliphatic carbocycles. The van der Waals surface area contributed by atoms with Gasteiger partial charge < -0.3 is 9.84 Å². The Morgan fingerprint density at radius 1 is 1.35 bits per heavy atom. The Morgan fingerprint density at radius 3 is 2.55 bits per heavy atom. The molecule has 1 aliphatic heterocycles. The van der Waals surface area contributed by atoms with Gasteiger partial charge in [0.15, 0.2) is 0 Å². The highest BCUT2D eigenvalue weighted by Crippen LogP contribution is 2.25. The molecule has 4 nitrogen and oxygen atoms in total. The first-order valence-electron chi connectivity index (χ1n) is 7.12. The minimum atomic E-state index is -0.941. The lowest BCUT2D eigenvalue weighted by molar-refractivity contribution is 0.0693. The molecular formula is C16H23NO3. The van der Waals surface area contributed by atoms with E-state index < -0.39 is 5.97 Å². The predicted octanol–water partition coefficient (Wildman–Crippen LogP) is 2.87. The number of benzene rings is 1. The SMILES string of the molecule is COc1ccc(CN2CC(C)CC(C)C2)cc1C(=O)O. The zero-order valence-corrected chi connectivity index (χ0v) is 12.4. The standard InChI is InChI=1S/C16H23NO3/c1-11-6-12(2)9-17(8-11)10-13-4-5-15(20-3)14(7-13)16(18)19/h4-5,7,11-12H,6,8-10H2,1-3H3,(H,18,19). The first-order chi connectivity index (χ1) is 9.49. The predicted molar refractivity (Wildman–Crippen MR) is 78.2 cm³/mol. The van der Waals surface area contributed by atoms with Gasteiger partial charge in [-0.1, -0.05) is 19.9 Å². The van der Waals surface area contributed by atoms with E-state index in [2.05, 4.69) is 18.7 Å². The minimum Gasteiger partial charge on any atom is -0.496 e. The lowest BCUT2D eigenvalue weighted by Crippen LogP contribution is -2.38. The van der Waals surface area contributed by atoms with Gasteiger partial charge in [-0.3, -0.25) is 4.90 Å². The number of likely N-dealkylation sites (tertiary alicyclic amines) is 1. The van der Waals surface area contributed by atoms with Crippen molar-refractivity contribution in [2.75, 3.05) is 20.2 Å². The van der Waals surface area contributed by atoms with E-state index in [0.29, 0.717) is 17.6 Å². The van der Waals surface area contributed by atoms with Gasteiger partial charge in [-0.15, -0.1) is 0 Å². The summed E-state index contributed by atoms with van der Waals surface area (Å²) in [6.45, 7) is 7.52. The fourth-order valence-electron chi connectivity index (χ4n) is 3.20. The number of methoxy groups -OCH3 is 1. The maximum atomic E-state index is 11.2. The second-order valence-electron chi connectivity index (χ2n) is 5.98. The van der Waals surface area contributed by atoms with Crippen LogP contribution in [0.15, 0.2) is 18.2 Å². The third-order valence-corrected chi connectivity index (χ3v) is 3.84. The Morgan fingerprint density at radius 2 is 2.00 bits per heavy atom. The van der Waals surface area contributed by atoms with Crippen molar-refractivity contribution in [1.82, 2.24) is 4.90 Å². The number of hydrogen-bond donors (Lipinski definition) is 1. The van der Waals surface area contributed by atoms with E-state index in [9.17, 15) is 9.90 Å². The number of hydrogen-bond acceptors (Lipinski definition) is 3. The van der Waals surface area contributed by atoms with Crippen LogP contribution in [-0.4, -0.2) is 36.2 Å².